The molecule has 0 spiro atoms. The van der Waals surface area contributed by atoms with Crippen LogP contribution < -0.4 is 10.5 Å². The van der Waals surface area contributed by atoms with Crippen LogP contribution in [-0.2, 0) is 6.42 Å². The molecule has 0 fully saturated rings. The molecule has 1 aromatic rings. The molecule has 0 aliphatic heterocycles. The zero-order valence-corrected chi connectivity index (χ0v) is 13.3. The van der Waals surface area contributed by atoms with Gasteiger partial charge in [-0.2, -0.15) is 0 Å². The Hall–Kier alpha value is -1.06. The zero-order chi connectivity index (χ0) is 15.1. The van der Waals surface area contributed by atoms with Crippen LogP contribution in [0.25, 0.3) is 0 Å². The quantitative estimate of drug-likeness (QED) is 0.768. The molecule has 1 rings (SSSR count). The molecular weight excluding hydrogens is 250 g/mol. The number of ether oxygens (including phenoxy) is 1. The lowest BCUT2D eigenvalue weighted by Gasteiger charge is -2.19. The molecule has 0 amide bonds. The SMILES string of the molecule is CCCC(N)C(O)CCc1c(C)cc(OCC)cc1C. The predicted octanol–water partition coefficient (Wildman–Crippen LogP) is 3.12. The van der Waals surface area contributed by atoms with Crippen molar-refractivity contribution < 1.29 is 9.84 Å². The number of nitrogens with two attached hydrogens (primary N) is 1. The molecule has 3 heteroatoms. The van der Waals surface area contributed by atoms with Crippen molar-refractivity contribution in [1.82, 2.24) is 0 Å². The Morgan fingerprint density at radius 1 is 1.15 bits per heavy atom. The second kappa shape index (κ2) is 8.28. The van der Waals surface area contributed by atoms with Gasteiger partial charge in [-0.1, -0.05) is 13.3 Å². The van der Waals surface area contributed by atoms with Gasteiger partial charge in [-0.15, -0.1) is 0 Å². The largest absolute Gasteiger partial charge is 0.494 e. The van der Waals surface area contributed by atoms with E-state index < -0.39 is 6.10 Å². The lowest BCUT2D eigenvalue weighted by atomic mass is 9.94. The van der Waals surface area contributed by atoms with E-state index in [1.165, 1.54) is 16.7 Å². The van der Waals surface area contributed by atoms with Crippen molar-refractivity contribution in [3.8, 4) is 5.75 Å². The Labute approximate surface area is 123 Å². The molecule has 0 radical (unpaired) electrons. The van der Waals surface area contributed by atoms with Crippen molar-refractivity contribution in [2.75, 3.05) is 6.61 Å². The lowest BCUT2D eigenvalue weighted by molar-refractivity contribution is 0.131. The third-order valence-corrected chi connectivity index (χ3v) is 3.79. The van der Waals surface area contributed by atoms with E-state index in [-0.39, 0.29) is 6.04 Å². The first-order valence-electron chi connectivity index (χ1n) is 7.66. The minimum atomic E-state index is -0.416. The molecule has 3 N–H and O–H groups in total. The summed E-state index contributed by atoms with van der Waals surface area (Å²) in [4.78, 5) is 0. The Bertz CT molecular complexity index is 394. The van der Waals surface area contributed by atoms with Gasteiger partial charge in [0.15, 0.2) is 0 Å². The maximum absolute atomic E-state index is 10.1. The van der Waals surface area contributed by atoms with Crippen LogP contribution in [0.2, 0.25) is 0 Å². The summed E-state index contributed by atoms with van der Waals surface area (Å²) in [6.45, 7) is 8.96. The third kappa shape index (κ3) is 4.80. The monoisotopic (exact) mass is 279 g/mol. The average Bonchev–Trinajstić information content (AvgIpc) is 2.38. The average molecular weight is 279 g/mol. The first-order valence-corrected chi connectivity index (χ1v) is 7.66. The summed E-state index contributed by atoms with van der Waals surface area (Å²) in [6.07, 6.45) is 3.06. The van der Waals surface area contributed by atoms with Crippen molar-refractivity contribution in [2.24, 2.45) is 5.73 Å². The van der Waals surface area contributed by atoms with Crippen LogP contribution in [0.15, 0.2) is 12.1 Å². The molecule has 2 unspecified atom stereocenters. The molecule has 0 bridgehead atoms. The van der Waals surface area contributed by atoms with Gasteiger partial charge < -0.3 is 15.6 Å². The molecule has 0 saturated carbocycles. The van der Waals surface area contributed by atoms with E-state index in [2.05, 4.69) is 32.9 Å². The highest BCUT2D eigenvalue weighted by molar-refractivity contribution is 5.41. The minimum absolute atomic E-state index is 0.108. The van der Waals surface area contributed by atoms with Crippen molar-refractivity contribution in [3.63, 3.8) is 0 Å². The number of benzene rings is 1. The maximum atomic E-state index is 10.1. The standard InChI is InChI=1S/C17H29NO2/c1-5-7-16(18)17(19)9-8-15-12(3)10-14(20-6-2)11-13(15)4/h10-11,16-17,19H,5-9,18H2,1-4H3. The molecule has 3 nitrogen and oxygen atoms in total. The van der Waals surface area contributed by atoms with Gasteiger partial charge in [0.25, 0.3) is 0 Å². The van der Waals surface area contributed by atoms with Gasteiger partial charge in [-0.25, -0.2) is 0 Å². The molecule has 0 aliphatic carbocycles. The summed E-state index contributed by atoms with van der Waals surface area (Å²) in [5.41, 5.74) is 9.72. The van der Waals surface area contributed by atoms with Crippen molar-refractivity contribution in [3.05, 3.63) is 28.8 Å². The minimum Gasteiger partial charge on any atom is -0.494 e. The Kier molecular flexibility index (Phi) is 7.03. The number of aliphatic hydroxyl groups is 1. The number of hydrogen-bond donors (Lipinski definition) is 2. The van der Waals surface area contributed by atoms with Gasteiger partial charge in [0.2, 0.25) is 0 Å². The first-order chi connectivity index (χ1) is 9.49. The fourth-order valence-corrected chi connectivity index (χ4v) is 2.63. The maximum Gasteiger partial charge on any atom is 0.119 e. The van der Waals surface area contributed by atoms with Crippen LogP contribution in [0.1, 0.15) is 49.8 Å². The van der Waals surface area contributed by atoms with Crippen LogP contribution in [0.5, 0.6) is 5.75 Å². The summed E-state index contributed by atoms with van der Waals surface area (Å²) >= 11 is 0. The van der Waals surface area contributed by atoms with Gasteiger partial charge in [0, 0.05) is 6.04 Å². The zero-order valence-electron chi connectivity index (χ0n) is 13.3. The van der Waals surface area contributed by atoms with E-state index >= 15 is 0 Å². The molecule has 1 aromatic carbocycles. The number of rotatable bonds is 8. The fraction of sp³-hybridized carbons (Fsp3) is 0.647. The molecule has 0 heterocycles. The number of hydrogen-bond acceptors (Lipinski definition) is 3. The van der Waals surface area contributed by atoms with Crippen LogP contribution >= 0.6 is 0 Å². The molecule has 0 saturated heterocycles. The first kappa shape index (κ1) is 17.0. The predicted molar refractivity (Wildman–Crippen MR) is 84.3 cm³/mol. The Balaban J connectivity index is 2.68. The topological polar surface area (TPSA) is 55.5 Å². The van der Waals surface area contributed by atoms with Crippen LogP contribution in [0, 0.1) is 13.8 Å². The summed E-state index contributed by atoms with van der Waals surface area (Å²) in [6, 6.07) is 4.04. The highest BCUT2D eigenvalue weighted by Crippen LogP contribution is 2.23. The van der Waals surface area contributed by atoms with E-state index in [4.69, 9.17) is 10.5 Å². The van der Waals surface area contributed by atoms with Gasteiger partial charge in [-0.05, 0) is 68.9 Å². The lowest BCUT2D eigenvalue weighted by Crippen LogP contribution is -2.34. The van der Waals surface area contributed by atoms with Gasteiger partial charge >= 0.3 is 0 Å². The van der Waals surface area contributed by atoms with E-state index in [9.17, 15) is 5.11 Å². The second-order valence-corrected chi connectivity index (χ2v) is 5.53. The van der Waals surface area contributed by atoms with Crippen molar-refractivity contribution in [1.29, 1.82) is 0 Å². The molecule has 20 heavy (non-hydrogen) atoms. The van der Waals surface area contributed by atoms with Crippen LogP contribution in [0.3, 0.4) is 0 Å². The normalized spacial score (nSPS) is 14.1. The van der Waals surface area contributed by atoms with Crippen molar-refractivity contribution >= 4 is 0 Å². The summed E-state index contributed by atoms with van der Waals surface area (Å²) in [7, 11) is 0. The van der Waals surface area contributed by atoms with E-state index in [0.717, 1.165) is 31.4 Å². The van der Waals surface area contributed by atoms with Crippen LogP contribution in [0.4, 0.5) is 0 Å². The number of aliphatic hydroxyl groups excluding tert-OH is 1. The molecule has 2 atom stereocenters. The highest BCUT2D eigenvalue weighted by Gasteiger charge is 2.15. The van der Waals surface area contributed by atoms with Crippen molar-refractivity contribution in [2.45, 2.75) is 65.5 Å². The van der Waals surface area contributed by atoms with E-state index in [1.807, 2.05) is 6.92 Å². The number of aryl methyl sites for hydroxylation is 2. The van der Waals surface area contributed by atoms with E-state index in [0.29, 0.717) is 6.61 Å². The second-order valence-electron chi connectivity index (χ2n) is 5.53. The third-order valence-electron chi connectivity index (χ3n) is 3.79. The Morgan fingerprint density at radius 3 is 2.25 bits per heavy atom. The van der Waals surface area contributed by atoms with E-state index in [1.54, 1.807) is 0 Å². The van der Waals surface area contributed by atoms with Crippen LogP contribution in [-0.4, -0.2) is 23.9 Å². The molecule has 114 valence electrons. The van der Waals surface area contributed by atoms with Gasteiger partial charge in [0.1, 0.15) is 5.75 Å². The summed E-state index contributed by atoms with van der Waals surface area (Å²) < 4.78 is 5.55. The molecular formula is C17H29NO2. The van der Waals surface area contributed by atoms with Gasteiger partial charge in [-0.3, -0.25) is 0 Å². The Morgan fingerprint density at radius 2 is 1.75 bits per heavy atom. The highest BCUT2D eigenvalue weighted by atomic mass is 16.5. The summed E-state index contributed by atoms with van der Waals surface area (Å²) in [5.74, 6) is 0.925. The fourth-order valence-electron chi connectivity index (χ4n) is 2.63. The summed E-state index contributed by atoms with van der Waals surface area (Å²) in [5, 5.41) is 10.1. The van der Waals surface area contributed by atoms with Gasteiger partial charge in [0.05, 0.1) is 12.7 Å². The molecule has 0 aromatic heterocycles. The smallest absolute Gasteiger partial charge is 0.119 e. The molecule has 0 aliphatic rings.